The first-order valence-corrected chi connectivity index (χ1v) is 9.86. The molecular formula is C22H17F2N3O2S. The Balaban J connectivity index is 1.81. The molecule has 0 aliphatic rings. The van der Waals surface area contributed by atoms with E-state index in [9.17, 15) is 18.7 Å². The summed E-state index contributed by atoms with van der Waals surface area (Å²) in [5.74, 6) is -1.29. The fourth-order valence-electron chi connectivity index (χ4n) is 3.20. The normalized spacial score (nSPS) is 11.0. The molecule has 2 heterocycles. The first kappa shape index (κ1) is 19.9. The molecule has 0 atom stereocenters. The van der Waals surface area contributed by atoms with E-state index in [2.05, 4.69) is 4.98 Å². The van der Waals surface area contributed by atoms with Gasteiger partial charge in [-0.15, -0.1) is 0 Å². The summed E-state index contributed by atoms with van der Waals surface area (Å²) in [4.78, 5) is 17.7. The van der Waals surface area contributed by atoms with Crippen molar-refractivity contribution in [1.29, 1.82) is 0 Å². The number of nitrogens with zero attached hydrogens (tertiary/aromatic N) is 3. The van der Waals surface area contributed by atoms with Crippen molar-refractivity contribution >= 4 is 34.4 Å². The van der Waals surface area contributed by atoms with Gasteiger partial charge in [-0.2, -0.15) is 0 Å². The largest absolute Gasteiger partial charge is 0.465 e. The predicted molar refractivity (Wildman–Crippen MR) is 112 cm³/mol. The van der Waals surface area contributed by atoms with Gasteiger partial charge < -0.3 is 9.67 Å². The topological polar surface area (TPSA) is 58.4 Å². The van der Waals surface area contributed by atoms with E-state index in [1.807, 2.05) is 35.0 Å². The van der Waals surface area contributed by atoms with Crippen molar-refractivity contribution in [2.24, 2.45) is 0 Å². The van der Waals surface area contributed by atoms with E-state index >= 15 is 0 Å². The van der Waals surface area contributed by atoms with E-state index < -0.39 is 17.7 Å². The number of amides is 1. The van der Waals surface area contributed by atoms with Gasteiger partial charge in [0.25, 0.3) is 0 Å². The molecule has 152 valence electrons. The maximum Gasteiger partial charge on any atom is 0.411 e. The van der Waals surface area contributed by atoms with Crippen LogP contribution in [0.15, 0.2) is 76.9 Å². The maximum absolute atomic E-state index is 13.7. The van der Waals surface area contributed by atoms with E-state index in [0.717, 1.165) is 31.8 Å². The molecule has 0 aliphatic carbocycles. The fourth-order valence-corrected chi connectivity index (χ4v) is 4.14. The number of carboxylic acid groups (broad SMARTS) is 1. The molecule has 5 nitrogen and oxygen atoms in total. The highest BCUT2D eigenvalue weighted by Crippen LogP contribution is 2.36. The van der Waals surface area contributed by atoms with Crippen LogP contribution in [0.1, 0.15) is 5.56 Å². The Morgan fingerprint density at radius 2 is 1.90 bits per heavy atom. The minimum atomic E-state index is -1.08. The van der Waals surface area contributed by atoms with Crippen LogP contribution in [0.3, 0.4) is 0 Å². The summed E-state index contributed by atoms with van der Waals surface area (Å²) in [6.07, 6.45) is 2.51. The lowest BCUT2D eigenvalue weighted by molar-refractivity contribution is 0.203. The molecule has 0 aliphatic heterocycles. The fraction of sp³-hybridized carbons (Fsp3) is 0.0909. The Hall–Kier alpha value is -3.39. The van der Waals surface area contributed by atoms with Gasteiger partial charge in [-0.3, -0.25) is 4.90 Å². The zero-order valence-electron chi connectivity index (χ0n) is 15.9. The van der Waals surface area contributed by atoms with Gasteiger partial charge in [-0.1, -0.05) is 17.8 Å². The third kappa shape index (κ3) is 4.13. The lowest BCUT2D eigenvalue weighted by Gasteiger charge is -2.14. The molecule has 0 fully saturated rings. The highest BCUT2D eigenvalue weighted by molar-refractivity contribution is 7.99. The Labute approximate surface area is 175 Å². The molecule has 0 spiro atoms. The van der Waals surface area contributed by atoms with Gasteiger partial charge in [0.2, 0.25) is 0 Å². The second-order valence-corrected chi connectivity index (χ2v) is 7.77. The molecule has 30 heavy (non-hydrogen) atoms. The second kappa shape index (κ2) is 8.16. The average Bonchev–Trinajstić information content (AvgIpc) is 3.03. The van der Waals surface area contributed by atoms with Gasteiger partial charge in [0.15, 0.2) is 0 Å². The van der Waals surface area contributed by atoms with E-state index in [1.54, 1.807) is 18.3 Å². The first-order valence-electron chi connectivity index (χ1n) is 9.04. The van der Waals surface area contributed by atoms with Gasteiger partial charge >= 0.3 is 6.09 Å². The van der Waals surface area contributed by atoms with Crippen molar-refractivity contribution in [1.82, 2.24) is 9.55 Å². The Bertz CT molecular complexity index is 1210. The number of fused-ring (bicyclic) bond motifs is 1. The molecular weight excluding hydrogens is 408 g/mol. The van der Waals surface area contributed by atoms with Crippen LogP contribution in [0.5, 0.6) is 0 Å². The number of hydrogen-bond acceptors (Lipinski definition) is 3. The number of pyridine rings is 1. The monoisotopic (exact) mass is 425 g/mol. The summed E-state index contributed by atoms with van der Waals surface area (Å²) in [7, 11) is 1.46. The number of carbonyl (C=O) groups is 1. The zero-order valence-corrected chi connectivity index (χ0v) is 16.7. The van der Waals surface area contributed by atoms with Crippen LogP contribution in [0.2, 0.25) is 0 Å². The van der Waals surface area contributed by atoms with Crippen LogP contribution in [0.4, 0.5) is 19.3 Å². The molecule has 0 unspecified atom stereocenters. The number of hydrogen-bond donors (Lipinski definition) is 1. The van der Waals surface area contributed by atoms with Crippen molar-refractivity contribution in [3.63, 3.8) is 0 Å². The van der Waals surface area contributed by atoms with Gasteiger partial charge in [0, 0.05) is 48.0 Å². The number of benzene rings is 2. The summed E-state index contributed by atoms with van der Waals surface area (Å²) in [5.41, 5.74) is 1.72. The van der Waals surface area contributed by atoms with Crippen molar-refractivity contribution < 1.29 is 18.7 Å². The van der Waals surface area contributed by atoms with Crippen LogP contribution < -0.4 is 4.90 Å². The van der Waals surface area contributed by atoms with Crippen LogP contribution in [-0.4, -0.2) is 27.8 Å². The van der Waals surface area contributed by atoms with Gasteiger partial charge in [0.05, 0.1) is 5.52 Å². The number of anilines is 1. The lowest BCUT2D eigenvalue weighted by atomic mass is 10.2. The van der Waals surface area contributed by atoms with Crippen LogP contribution in [0.25, 0.3) is 10.9 Å². The first-order chi connectivity index (χ1) is 14.4. The Morgan fingerprint density at radius 1 is 1.13 bits per heavy atom. The van der Waals surface area contributed by atoms with Crippen LogP contribution in [0, 0.1) is 11.6 Å². The minimum absolute atomic E-state index is 0.230. The third-order valence-electron chi connectivity index (χ3n) is 4.63. The minimum Gasteiger partial charge on any atom is -0.465 e. The molecule has 0 bridgehead atoms. The van der Waals surface area contributed by atoms with Gasteiger partial charge in [-0.25, -0.2) is 18.6 Å². The summed E-state index contributed by atoms with van der Waals surface area (Å²) in [6, 6.07) is 14.3. The van der Waals surface area contributed by atoms with E-state index in [0.29, 0.717) is 11.3 Å². The zero-order chi connectivity index (χ0) is 21.3. The number of rotatable bonds is 5. The van der Waals surface area contributed by atoms with Crippen molar-refractivity contribution in [3.8, 4) is 0 Å². The Morgan fingerprint density at radius 3 is 2.57 bits per heavy atom. The number of halogens is 2. The molecule has 2 aromatic heterocycles. The molecule has 0 radical (unpaired) electrons. The van der Waals surface area contributed by atoms with E-state index in [1.165, 1.54) is 30.9 Å². The highest BCUT2D eigenvalue weighted by atomic mass is 32.2. The van der Waals surface area contributed by atoms with Gasteiger partial charge in [-0.05, 0) is 48.0 Å². The standard InChI is InChI=1S/C22H17F2N3O2S/c1-26(22(28)29)17-5-6-18-19(11-17)27(12-14-8-15(23)10-16(24)9-14)13-20(18)30-21-4-2-3-7-25-21/h2-11,13H,12H2,1H3,(H,28,29). The molecule has 4 aromatic rings. The SMILES string of the molecule is CN(C(=O)O)c1ccc2c(Sc3ccccn3)cn(Cc3cc(F)cc(F)c3)c2c1. The molecule has 1 amide bonds. The van der Waals surface area contributed by atoms with Crippen molar-refractivity contribution in [3.05, 3.63) is 84.2 Å². The molecule has 2 aromatic carbocycles. The third-order valence-corrected chi connectivity index (χ3v) is 5.63. The average molecular weight is 425 g/mol. The van der Waals surface area contributed by atoms with E-state index in [-0.39, 0.29) is 6.54 Å². The Kier molecular flexibility index (Phi) is 5.41. The summed E-state index contributed by atoms with van der Waals surface area (Å²) in [6.45, 7) is 0.230. The van der Waals surface area contributed by atoms with Crippen LogP contribution in [-0.2, 0) is 6.54 Å². The van der Waals surface area contributed by atoms with Crippen molar-refractivity contribution in [2.45, 2.75) is 16.5 Å². The summed E-state index contributed by atoms with van der Waals surface area (Å²) in [5, 5.41) is 11.0. The molecule has 0 saturated heterocycles. The quantitative estimate of drug-likeness (QED) is 0.450. The predicted octanol–water partition coefficient (Wildman–Crippen LogP) is 5.63. The van der Waals surface area contributed by atoms with Gasteiger partial charge in [0.1, 0.15) is 16.7 Å². The molecule has 4 rings (SSSR count). The lowest BCUT2D eigenvalue weighted by Crippen LogP contribution is -2.23. The summed E-state index contributed by atoms with van der Waals surface area (Å²) >= 11 is 1.47. The second-order valence-electron chi connectivity index (χ2n) is 6.71. The van der Waals surface area contributed by atoms with E-state index in [4.69, 9.17) is 0 Å². The highest BCUT2D eigenvalue weighted by Gasteiger charge is 2.15. The van der Waals surface area contributed by atoms with Crippen LogP contribution >= 0.6 is 11.8 Å². The maximum atomic E-state index is 13.7. The van der Waals surface area contributed by atoms with Crippen molar-refractivity contribution in [2.75, 3.05) is 11.9 Å². The summed E-state index contributed by atoms with van der Waals surface area (Å²) < 4.78 is 29.2. The molecule has 8 heteroatoms. The smallest absolute Gasteiger partial charge is 0.411 e. The number of aromatic nitrogens is 2. The molecule has 0 saturated carbocycles. The molecule has 1 N–H and O–H groups in total.